The number of ether oxygens (including phenoxy) is 2. The maximum Gasteiger partial charge on any atom is 0.255 e. The van der Waals surface area contributed by atoms with E-state index < -0.39 is 0 Å². The quantitative estimate of drug-likeness (QED) is 0.643. The predicted molar refractivity (Wildman–Crippen MR) is 113 cm³/mol. The number of nitrogens with two attached hydrogens (primary N) is 1. The van der Waals surface area contributed by atoms with E-state index in [-0.39, 0.29) is 17.3 Å². The molecule has 3 aromatic rings. The van der Waals surface area contributed by atoms with Gasteiger partial charge in [0.25, 0.3) is 5.91 Å². The van der Waals surface area contributed by atoms with Crippen LogP contribution in [0.4, 0.5) is 5.82 Å². The number of benzene rings is 2. The average molecular weight is 391 g/mol. The van der Waals surface area contributed by atoms with E-state index in [9.17, 15) is 4.79 Å². The molecule has 0 aliphatic heterocycles. The first-order valence-corrected chi connectivity index (χ1v) is 9.35. The van der Waals surface area contributed by atoms with E-state index in [0.29, 0.717) is 23.6 Å². The molecule has 6 heteroatoms. The molecule has 0 spiro atoms. The van der Waals surface area contributed by atoms with Crippen molar-refractivity contribution in [2.45, 2.75) is 32.9 Å². The smallest absolute Gasteiger partial charge is 0.255 e. The van der Waals surface area contributed by atoms with Gasteiger partial charge in [-0.2, -0.15) is 0 Å². The van der Waals surface area contributed by atoms with Gasteiger partial charge < -0.3 is 20.5 Å². The molecule has 1 amide bonds. The summed E-state index contributed by atoms with van der Waals surface area (Å²) >= 11 is 0. The minimum Gasteiger partial charge on any atom is -0.488 e. The van der Waals surface area contributed by atoms with Gasteiger partial charge in [0.2, 0.25) is 0 Å². The standard InChI is InChI=1S/C23H25N3O3/c1-23(2,3)29-18-11-9-17(10-12-18)28-19-7-4-6-16(14-19)15-26-22(27)20-8-5-13-25-21(20)24/h4-14H,15H2,1-3H3,(H2,24,25)(H,26,27). The molecule has 1 heterocycles. The van der Waals surface area contributed by atoms with Gasteiger partial charge in [-0.15, -0.1) is 0 Å². The molecule has 3 rings (SSSR count). The van der Waals surface area contributed by atoms with Gasteiger partial charge in [0.1, 0.15) is 28.7 Å². The average Bonchev–Trinajstić information content (AvgIpc) is 2.67. The Balaban J connectivity index is 1.61. The van der Waals surface area contributed by atoms with Gasteiger partial charge in [0.15, 0.2) is 0 Å². The Morgan fingerprint density at radius 2 is 1.72 bits per heavy atom. The molecule has 0 aliphatic rings. The van der Waals surface area contributed by atoms with E-state index in [0.717, 1.165) is 11.3 Å². The third kappa shape index (κ3) is 5.97. The van der Waals surface area contributed by atoms with Crippen molar-refractivity contribution in [2.75, 3.05) is 5.73 Å². The molecule has 0 unspecified atom stereocenters. The van der Waals surface area contributed by atoms with Crippen LogP contribution >= 0.6 is 0 Å². The molecular formula is C23H25N3O3. The predicted octanol–water partition coefficient (Wildman–Crippen LogP) is 4.56. The Bertz CT molecular complexity index is 979. The van der Waals surface area contributed by atoms with Gasteiger partial charge >= 0.3 is 0 Å². The van der Waals surface area contributed by atoms with Gasteiger partial charge in [0.05, 0.1) is 5.56 Å². The number of rotatable bonds is 6. The molecule has 3 N–H and O–H groups in total. The zero-order valence-electron chi connectivity index (χ0n) is 16.8. The monoisotopic (exact) mass is 391 g/mol. The van der Waals surface area contributed by atoms with Crippen molar-refractivity contribution in [3.63, 3.8) is 0 Å². The number of carbonyl (C=O) groups excluding carboxylic acids is 1. The van der Waals surface area contributed by atoms with Crippen molar-refractivity contribution in [2.24, 2.45) is 0 Å². The van der Waals surface area contributed by atoms with Crippen LogP contribution in [-0.2, 0) is 6.54 Å². The van der Waals surface area contributed by atoms with E-state index in [2.05, 4.69) is 10.3 Å². The van der Waals surface area contributed by atoms with Gasteiger partial charge in [0, 0.05) is 12.7 Å². The zero-order chi connectivity index (χ0) is 20.9. The van der Waals surface area contributed by atoms with Crippen molar-refractivity contribution < 1.29 is 14.3 Å². The highest BCUT2D eigenvalue weighted by atomic mass is 16.5. The van der Waals surface area contributed by atoms with Crippen molar-refractivity contribution in [3.05, 3.63) is 78.0 Å². The van der Waals surface area contributed by atoms with Crippen molar-refractivity contribution in [3.8, 4) is 17.2 Å². The number of anilines is 1. The Morgan fingerprint density at radius 1 is 1.00 bits per heavy atom. The van der Waals surface area contributed by atoms with E-state index in [4.69, 9.17) is 15.2 Å². The van der Waals surface area contributed by atoms with Crippen LogP contribution in [0.15, 0.2) is 66.9 Å². The first kappa shape index (κ1) is 20.2. The summed E-state index contributed by atoms with van der Waals surface area (Å²) in [6.45, 7) is 6.36. The largest absolute Gasteiger partial charge is 0.488 e. The molecule has 0 radical (unpaired) electrons. The van der Waals surface area contributed by atoms with Crippen LogP contribution in [0.25, 0.3) is 0 Å². The third-order valence-electron chi connectivity index (χ3n) is 3.92. The fourth-order valence-corrected chi connectivity index (χ4v) is 2.67. The second-order valence-electron chi connectivity index (χ2n) is 7.55. The molecule has 0 saturated carbocycles. The van der Waals surface area contributed by atoms with Gasteiger partial charge in [-0.1, -0.05) is 12.1 Å². The fraction of sp³-hybridized carbons (Fsp3) is 0.217. The van der Waals surface area contributed by atoms with E-state index in [1.807, 2.05) is 69.3 Å². The number of hydrogen-bond acceptors (Lipinski definition) is 5. The van der Waals surface area contributed by atoms with Crippen LogP contribution in [0.1, 0.15) is 36.7 Å². The topological polar surface area (TPSA) is 86.5 Å². The number of nitrogen functional groups attached to an aromatic ring is 1. The molecule has 0 saturated heterocycles. The maximum absolute atomic E-state index is 12.3. The Hall–Kier alpha value is -3.54. The molecule has 6 nitrogen and oxygen atoms in total. The summed E-state index contributed by atoms with van der Waals surface area (Å²) in [5.41, 5.74) is 6.76. The molecular weight excluding hydrogens is 366 g/mol. The first-order chi connectivity index (χ1) is 13.8. The normalized spacial score (nSPS) is 11.0. The summed E-state index contributed by atoms with van der Waals surface area (Å²) in [6, 6.07) is 18.3. The van der Waals surface area contributed by atoms with Gasteiger partial charge in [-0.3, -0.25) is 4.79 Å². The SMILES string of the molecule is CC(C)(C)Oc1ccc(Oc2cccc(CNC(=O)c3cccnc3N)c2)cc1. The van der Waals surface area contributed by atoms with Crippen molar-refractivity contribution >= 4 is 11.7 Å². The van der Waals surface area contributed by atoms with Crippen molar-refractivity contribution in [1.82, 2.24) is 10.3 Å². The first-order valence-electron chi connectivity index (χ1n) is 9.35. The van der Waals surface area contributed by atoms with Gasteiger partial charge in [-0.25, -0.2) is 4.98 Å². The Morgan fingerprint density at radius 3 is 2.41 bits per heavy atom. The van der Waals surface area contributed by atoms with Gasteiger partial charge in [-0.05, 0) is 74.9 Å². The number of amides is 1. The summed E-state index contributed by atoms with van der Waals surface area (Å²) < 4.78 is 11.7. The zero-order valence-corrected chi connectivity index (χ0v) is 16.8. The highest BCUT2D eigenvalue weighted by Crippen LogP contribution is 2.26. The van der Waals surface area contributed by atoms with Crippen LogP contribution in [0, 0.1) is 0 Å². The minimum atomic E-state index is -0.267. The number of nitrogens with zero attached hydrogens (tertiary/aromatic N) is 1. The molecule has 1 aromatic heterocycles. The lowest BCUT2D eigenvalue weighted by molar-refractivity contribution is 0.0951. The lowest BCUT2D eigenvalue weighted by atomic mass is 10.2. The highest BCUT2D eigenvalue weighted by molar-refractivity contribution is 5.98. The highest BCUT2D eigenvalue weighted by Gasteiger charge is 2.12. The number of pyridine rings is 1. The molecule has 0 bridgehead atoms. The molecule has 150 valence electrons. The Kier molecular flexibility index (Phi) is 6.02. The summed E-state index contributed by atoms with van der Waals surface area (Å²) in [5.74, 6) is 2.12. The summed E-state index contributed by atoms with van der Waals surface area (Å²) in [4.78, 5) is 16.2. The van der Waals surface area contributed by atoms with Crippen LogP contribution < -0.4 is 20.5 Å². The van der Waals surface area contributed by atoms with Crippen LogP contribution in [-0.4, -0.2) is 16.5 Å². The number of aromatic nitrogens is 1. The van der Waals surface area contributed by atoms with E-state index in [1.54, 1.807) is 18.3 Å². The van der Waals surface area contributed by atoms with Crippen LogP contribution in [0.3, 0.4) is 0 Å². The Labute approximate surface area is 170 Å². The van der Waals surface area contributed by atoms with Crippen LogP contribution in [0.5, 0.6) is 17.2 Å². The van der Waals surface area contributed by atoms with E-state index >= 15 is 0 Å². The number of hydrogen-bond donors (Lipinski definition) is 2. The molecule has 2 aromatic carbocycles. The van der Waals surface area contributed by atoms with E-state index in [1.165, 1.54) is 0 Å². The van der Waals surface area contributed by atoms with Crippen LogP contribution in [0.2, 0.25) is 0 Å². The summed E-state index contributed by atoms with van der Waals surface area (Å²) in [6.07, 6.45) is 1.55. The summed E-state index contributed by atoms with van der Waals surface area (Å²) in [7, 11) is 0. The number of nitrogens with one attached hydrogen (secondary N) is 1. The third-order valence-corrected chi connectivity index (χ3v) is 3.92. The molecule has 0 aliphatic carbocycles. The fourth-order valence-electron chi connectivity index (χ4n) is 2.67. The lowest BCUT2D eigenvalue weighted by Crippen LogP contribution is -2.24. The molecule has 0 fully saturated rings. The molecule has 29 heavy (non-hydrogen) atoms. The maximum atomic E-state index is 12.3. The summed E-state index contributed by atoms with van der Waals surface area (Å²) in [5, 5.41) is 2.85. The second kappa shape index (κ2) is 8.65. The lowest BCUT2D eigenvalue weighted by Gasteiger charge is -2.21. The van der Waals surface area contributed by atoms with Crippen molar-refractivity contribution in [1.29, 1.82) is 0 Å². The second-order valence-corrected chi connectivity index (χ2v) is 7.55. The molecule has 0 atom stereocenters. The number of carbonyl (C=O) groups is 1. The minimum absolute atomic E-state index is 0.209.